The van der Waals surface area contributed by atoms with Gasteiger partial charge in [-0.3, -0.25) is 0 Å². The topological polar surface area (TPSA) is 59.6 Å². The van der Waals surface area contributed by atoms with E-state index in [4.69, 9.17) is 10.5 Å². The molecule has 1 aliphatic rings. The molecule has 0 saturated carbocycles. The molecule has 0 amide bonds. The molecule has 0 aromatic heterocycles. The lowest BCUT2D eigenvalue weighted by atomic mass is 9.77. The van der Waals surface area contributed by atoms with Crippen molar-refractivity contribution in [1.29, 1.82) is 10.5 Å². The fraction of sp³-hybridized carbons (Fsp3) is 0.333. The second kappa shape index (κ2) is 3.73. The van der Waals surface area contributed by atoms with Crippen molar-refractivity contribution in [1.82, 2.24) is 5.32 Å². The van der Waals surface area contributed by atoms with Gasteiger partial charge in [0.25, 0.3) is 0 Å². The summed E-state index contributed by atoms with van der Waals surface area (Å²) in [4.78, 5) is 0. The average molecular weight is 197 g/mol. The molecule has 0 bridgehead atoms. The minimum Gasteiger partial charge on any atom is -0.313 e. The van der Waals surface area contributed by atoms with Crippen LogP contribution in [0.5, 0.6) is 0 Å². The Hall–Kier alpha value is -1.84. The largest absolute Gasteiger partial charge is 0.313 e. The summed E-state index contributed by atoms with van der Waals surface area (Å²) < 4.78 is 0. The first-order valence-electron chi connectivity index (χ1n) is 4.90. The van der Waals surface area contributed by atoms with E-state index in [2.05, 4.69) is 17.5 Å². The van der Waals surface area contributed by atoms with Crippen molar-refractivity contribution in [2.75, 3.05) is 13.1 Å². The third-order valence-corrected chi connectivity index (χ3v) is 2.95. The van der Waals surface area contributed by atoms with E-state index < -0.39 is 5.41 Å². The molecule has 1 aromatic rings. The average Bonchev–Trinajstić information content (AvgIpc) is 2.74. The van der Waals surface area contributed by atoms with E-state index in [0.29, 0.717) is 13.1 Å². The summed E-state index contributed by atoms with van der Waals surface area (Å²) in [6.45, 7) is 1.16. The van der Waals surface area contributed by atoms with Crippen LogP contribution in [0.3, 0.4) is 0 Å². The maximum Gasteiger partial charge on any atom is 0.164 e. The van der Waals surface area contributed by atoms with Gasteiger partial charge in [-0.15, -0.1) is 0 Å². The lowest BCUT2D eigenvalue weighted by molar-refractivity contribution is 0.513. The van der Waals surface area contributed by atoms with Crippen LogP contribution >= 0.6 is 0 Å². The second-order valence-electron chi connectivity index (χ2n) is 3.79. The maximum atomic E-state index is 9.14. The monoisotopic (exact) mass is 197 g/mol. The number of hydrogen-bond acceptors (Lipinski definition) is 3. The predicted octanol–water partition coefficient (Wildman–Crippen LogP) is 1.41. The Morgan fingerprint density at radius 1 is 1.20 bits per heavy atom. The Bertz CT molecular complexity index is 410. The zero-order chi connectivity index (χ0) is 10.7. The van der Waals surface area contributed by atoms with Crippen LogP contribution in [0, 0.1) is 28.1 Å². The van der Waals surface area contributed by atoms with Crippen molar-refractivity contribution in [3.8, 4) is 12.1 Å². The van der Waals surface area contributed by atoms with Crippen LogP contribution in [0.15, 0.2) is 30.3 Å². The summed E-state index contributed by atoms with van der Waals surface area (Å²) in [5.74, 6) is -0.0197. The fourth-order valence-corrected chi connectivity index (χ4v) is 2.06. The van der Waals surface area contributed by atoms with Crippen molar-refractivity contribution in [2.24, 2.45) is 5.41 Å². The van der Waals surface area contributed by atoms with Gasteiger partial charge in [0.2, 0.25) is 0 Å². The molecule has 1 unspecified atom stereocenters. The summed E-state index contributed by atoms with van der Waals surface area (Å²) in [6, 6.07) is 14.1. The molecule has 1 saturated heterocycles. The van der Waals surface area contributed by atoms with Gasteiger partial charge >= 0.3 is 0 Å². The highest BCUT2D eigenvalue weighted by molar-refractivity contribution is 5.33. The minimum absolute atomic E-state index is 0.0197. The number of nitrogens with zero attached hydrogens (tertiary/aromatic N) is 2. The molecule has 0 radical (unpaired) electrons. The minimum atomic E-state index is -0.901. The van der Waals surface area contributed by atoms with Gasteiger partial charge in [-0.1, -0.05) is 30.3 Å². The van der Waals surface area contributed by atoms with E-state index in [1.807, 2.05) is 30.3 Å². The van der Waals surface area contributed by atoms with Gasteiger partial charge in [-0.25, -0.2) is 0 Å². The molecular formula is C12H11N3. The normalized spacial score (nSPS) is 22.9. The van der Waals surface area contributed by atoms with Gasteiger partial charge in [0.15, 0.2) is 5.41 Å². The lowest BCUT2D eigenvalue weighted by Crippen LogP contribution is -2.24. The molecule has 15 heavy (non-hydrogen) atoms. The Balaban J connectivity index is 2.40. The van der Waals surface area contributed by atoms with Gasteiger partial charge in [0.05, 0.1) is 12.1 Å². The van der Waals surface area contributed by atoms with E-state index in [0.717, 1.165) is 5.56 Å². The van der Waals surface area contributed by atoms with Gasteiger partial charge < -0.3 is 5.32 Å². The van der Waals surface area contributed by atoms with Crippen molar-refractivity contribution in [3.05, 3.63) is 35.9 Å². The van der Waals surface area contributed by atoms with Crippen LogP contribution in [-0.4, -0.2) is 13.1 Å². The molecular weight excluding hydrogens is 186 g/mol. The first kappa shape index (κ1) is 9.71. The van der Waals surface area contributed by atoms with E-state index in [1.54, 1.807) is 0 Å². The summed E-state index contributed by atoms with van der Waals surface area (Å²) in [5, 5.41) is 21.4. The van der Waals surface area contributed by atoms with Gasteiger partial charge in [0.1, 0.15) is 0 Å². The van der Waals surface area contributed by atoms with Gasteiger partial charge in [0, 0.05) is 19.0 Å². The van der Waals surface area contributed by atoms with Crippen molar-refractivity contribution < 1.29 is 0 Å². The smallest absolute Gasteiger partial charge is 0.164 e. The molecule has 1 heterocycles. The summed E-state index contributed by atoms with van der Waals surface area (Å²) >= 11 is 0. The third-order valence-electron chi connectivity index (χ3n) is 2.95. The summed E-state index contributed by atoms with van der Waals surface area (Å²) in [5.41, 5.74) is 0.159. The predicted molar refractivity (Wildman–Crippen MR) is 55.7 cm³/mol. The second-order valence-corrected chi connectivity index (χ2v) is 3.79. The number of nitriles is 2. The van der Waals surface area contributed by atoms with Gasteiger partial charge in [-0.05, 0) is 5.56 Å². The van der Waals surface area contributed by atoms with Gasteiger partial charge in [-0.2, -0.15) is 10.5 Å². The Morgan fingerprint density at radius 3 is 2.47 bits per heavy atom. The highest BCUT2D eigenvalue weighted by atomic mass is 14.9. The highest BCUT2D eigenvalue weighted by Gasteiger charge is 2.44. The number of nitrogens with one attached hydrogen (secondary N) is 1. The van der Waals surface area contributed by atoms with E-state index in [-0.39, 0.29) is 5.92 Å². The first-order valence-corrected chi connectivity index (χ1v) is 4.90. The molecule has 1 atom stereocenters. The van der Waals surface area contributed by atoms with Crippen LogP contribution < -0.4 is 5.32 Å². The Morgan fingerprint density at radius 2 is 1.87 bits per heavy atom. The first-order chi connectivity index (χ1) is 7.32. The van der Waals surface area contributed by atoms with Crippen molar-refractivity contribution in [3.63, 3.8) is 0 Å². The number of hydrogen-bond donors (Lipinski definition) is 1. The standard InChI is InChI=1S/C12H11N3/c13-7-12(8-14)9-15-6-11(12)10-4-2-1-3-5-10/h1-5,11,15H,6,9H2. The molecule has 3 nitrogen and oxygen atoms in total. The number of rotatable bonds is 1. The van der Waals surface area contributed by atoms with E-state index >= 15 is 0 Å². The lowest BCUT2D eigenvalue weighted by Gasteiger charge is -2.19. The van der Waals surface area contributed by atoms with Crippen LogP contribution in [-0.2, 0) is 0 Å². The zero-order valence-corrected chi connectivity index (χ0v) is 8.27. The molecule has 1 aliphatic heterocycles. The van der Waals surface area contributed by atoms with Crippen LogP contribution in [0.1, 0.15) is 11.5 Å². The van der Waals surface area contributed by atoms with Crippen LogP contribution in [0.2, 0.25) is 0 Å². The quantitative estimate of drug-likeness (QED) is 0.740. The molecule has 3 heteroatoms. The molecule has 0 spiro atoms. The Labute approximate surface area is 89.0 Å². The molecule has 0 aliphatic carbocycles. The third kappa shape index (κ3) is 1.48. The van der Waals surface area contributed by atoms with Crippen molar-refractivity contribution in [2.45, 2.75) is 5.92 Å². The highest BCUT2D eigenvalue weighted by Crippen LogP contribution is 2.37. The molecule has 2 rings (SSSR count). The molecule has 74 valence electrons. The van der Waals surface area contributed by atoms with E-state index in [1.165, 1.54) is 0 Å². The zero-order valence-electron chi connectivity index (χ0n) is 8.27. The van der Waals surface area contributed by atoms with Crippen LogP contribution in [0.25, 0.3) is 0 Å². The fourth-order valence-electron chi connectivity index (χ4n) is 2.06. The summed E-state index contributed by atoms with van der Waals surface area (Å²) in [6.07, 6.45) is 0. The maximum absolute atomic E-state index is 9.14. The van der Waals surface area contributed by atoms with E-state index in [9.17, 15) is 0 Å². The molecule has 1 N–H and O–H groups in total. The number of benzene rings is 1. The SMILES string of the molecule is N#CC1(C#N)CNCC1c1ccccc1. The van der Waals surface area contributed by atoms with Crippen LogP contribution in [0.4, 0.5) is 0 Å². The Kier molecular flexibility index (Phi) is 2.41. The molecule has 1 fully saturated rings. The van der Waals surface area contributed by atoms with Crippen molar-refractivity contribution >= 4 is 0 Å². The summed E-state index contributed by atoms with van der Waals surface area (Å²) in [7, 11) is 0. The molecule has 1 aromatic carbocycles.